The first-order valence-electron chi connectivity index (χ1n) is 7.82. The number of amides is 1. The molecule has 0 bridgehead atoms. The molecule has 2 heterocycles. The van der Waals surface area contributed by atoms with Gasteiger partial charge in [-0.15, -0.1) is 10.2 Å². The quantitative estimate of drug-likeness (QED) is 0.874. The van der Waals surface area contributed by atoms with E-state index in [1.807, 2.05) is 4.90 Å². The van der Waals surface area contributed by atoms with Crippen molar-refractivity contribution in [1.82, 2.24) is 15.1 Å². The summed E-state index contributed by atoms with van der Waals surface area (Å²) < 4.78 is 4.97. The predicted molar refractivity (Wildman–Crippen MR) is 87.8 cm³/mol. The second-order valence-electron chi connectivity index (χ2n) is 6.06. The molecule has 0 radical (unpaired) electrons. The van der Waals surface area contributed by atoms with E-state index >= 15 is 0 Å². The fourth-order valence-corrected chi connectivity index (χ4v) is 3.19. The Morgan fingerprint density at radius 2 is 2.04 bits per heavy atom. The van der Waals surface area contributed by atoms with Crippen LogP contribution in [0, 0.1) is 13.8 Å². The van der Waals surface area contributed by atoms with Gasteiger partial charge in [-0.05, 0) is 37.5 Å². The van der Waals surface area contributed by atoms with Gasteiger partial charge in [0.15, 0.2) is 5.69 Å². The van der Waals surface area contributed by atoms with Crippen molar-refractivity contribution >= 4 is 5.91 Å². The number of likely N-dealkylation sites (tertiary alicyclic amines) is 1. The molecule has 0 aliphatic carbocycles. The number of carbonyl (C=O) groups excluding carboxylic acids is 1. The lowest BCUT2D eigenvalue weighted by Gasteiger charge is -2.17. The van der Waals surface area contributed by atoms with Gasteiger partial charge < -0.3 is 9.64 Å². The lowest BCUT2D eigenvalue weighted by Crippen LogP contribution is -2.29. The van der Waals surface area contributed by atoms with Crippen LogP contribution in [0.25, 0.3) is 0 Å². The van der Waals surface area contributed by atoms with Crippen LogP contribution in [0.3, 0.4) is 0 Å². The summed E-state index contributed by atoms with van der Waals surface area (Å²) in [6, 6.07) is 9.86. The maximum atomic E-state index is 12.5. The highest BCUT2D eigenvalue weighted by Crippen LogP contribution is 2.30. The van der Waals surface area contributed by atoms with Crippen molar-refractivity contribution in [1.29, 1.82) is 0 Å². The molecular formula is C18H21N3O2. The third-order valence-electron chi connectivity index (χ3n) is 4.41. The van der Waals surface area contributed by atoms with E-state index in [1.165, 1.54) is 23.8 Å². The zero-order valence-corrected chi connectivity index (χ0v) is 13.7. The Kier molecular flexibility index (Phi) is 4.28. The minimum atomic E-state index is -0.0626. The number of hydrogen-bond acceptors (Lipinski definition) is 4. The summed E-state index contributed by atoms with van der Waals surface area (Å²) in [6.45, 7) is 5.73. The minimum Gasteiger partial charge on any atom is -0.480 e. The number of methoxy groups -OCH3 is 1. The summed E-state index contributed by atoms with van der Waals surface area (Å²) in [5.74, 6) is 0.745. The SMILES string of the molecule is COc1ccc(C(=O)N2CCC(c3ccc(C)cc3C)C2)nn1. The third-order valence-corrected chi connectivity index (χ3v) is 4.41. The molecule has 5 heteroatoms. The molecule has 1 aliphatic heterocycles. The van der Waals surface area contributed by atoms with E-state index in [9.17, 15) is 4.79 Å². The lowest BCUT2D eigenvalue weighted by molar-refractivity contribution is 0.0783. The van der Waals surface area contributed by atoms with Crippen LogP contribution in [0.4, 0.5) is 0 Å². The number of hydrogen-bond donors (Lipinski definition) is 0. The minimum absolute atomic E-state index is 0.0626. The van der Waals surface area contributed by atoms with Gasteiger partial charge in [-0.25, -0.2) is 0 Å². The lowest BCUT2D eigenvalue weighted by atomic mass is 9.93. The van der Waals surface area contributed by atoms with E-state index in [4.69, 9.17) is 4.74 Å². The molecule has 1 amide bonds. The van der Waals surface area contributed by atoms with Gasteiger partial charge in [0.05, 0.1) is 7.11 Å². The number of carbonyl (C=O) groups is 1. The van der Waals surface area contributed by atoms with Crippen molar-refractivity contribution in [2.45, 2.75) is 26.2 Å². The van der Waals surface area contributed by atoms with Gasteiger partial charge in [-0.1, -0.05) is 23.8 Å². The monoisotopic (exact) mass is 311 g/mol. The molecule has 1 aromatic carbocycles. The van der Waals surface area contributed by atoms with Gasteiger partial charge in [-0.2, -0.15) is 0 Å². The average molecular weight is 311 g/mol. The Labute approximate surface area is 136 Å². The zero-order chi connectivity index (χ0) is 16.4. The highest BCUT2D eigenvalue weighted by atomic mass is 16.5. The highest BCUT2D eigenvalue weighted by molar-refractivity contribution is 5.92. The van der Waals surface area contributed by atoms with Gasteiger partial charge in [0.1, 0.15) is 0 Å². The van der Waals surface area contributed by atoms with Crippen molar-refractivity contribution in [2.24, 2.45) is 0 Å². The topological polar surface area (TPSA) is 55.3 Å². The largest absolute Gasteiger partial charge is 0.480 e. The molecule has 1 unspecified atom stereocenters. The molecule has 1 aliphatic rings. The first-order chi connectivity index (χ1) is 11.1. The normalized spacial score (nSPS) is 17.3. The maximum absolute atomic E-state index is 12.5. The predicted octanol–water partition coefficient (Wildman–Crippen LogP) is 2.73. The smallest absolute Gasteiger partial charge is 0.274 e. The summed E-state index contributed by atoms with van der Waals surface area (Å²) in [5.41, 5.74) is 4.28. The standard InChI is InChI=1S/C18H21N3O2/c1-12-4-5-15(13(2)10-12)14-8-9-21(11-14)18(22)16-6-7-17(23-3)20-19-16/h4-7,10,14H,8-9,11H2,1-3H3. The summed E-state index contributed by atoms with van der Waals surface area (Å²) in [7, 11) is 1.53. The zero-order valence-electron chi connectivity index (χ0n) is 13.7. The van der Waals surface area contributed by atoms with Crippen LogP contribution < -0.4 is 4.74 Å². The molecule has 2 aromatic rings. The molecular weight excluding hydrogens is 290 g/mol. The van der Waals surface area contributed by atoms with Crippen molar-refractivity contribution in [3.8, 4) is 5.88 Å². The molecule has 1 atom stereocenters. The molecule has 0 N–H and O–H groups in total. The van der Waals surface area contributed by atoms with Gasteiger partial charge in [0, 0.05) is 25.1 Å². The van der Waals surface area contributed by atoms with Gasteiger partial charge in [-0.3, -0.25) is 4.79 Å². The second kappa shape index (κ2) is 6.36. The molecule has 1 aromatic heterocycles. The number of rotatable bonds is 3. The van der Waals surface area contributed by atoms with E-state index in [2.05, 4.69) is 42.2 Å². The third kappa shape index (κ3) is 3.18. The first-order valence-corrected chi connectivity index (χ1v) is 7.82. The summed E-state index contributed by atoms with van der Waals surface area (Å²) in [6.07, 6.45) is 0.985. The second-order valence-corrected chi connectivity index (χ2v) is 6.06. The fraction of sp³-hybridized carbons (Fsp3) is 0.389. The number of aromatic nitrogens is 2. The van der Waals surface area contributed by atoms with Crippen LogP contribution >= 0.6 is 0 Å². The Hall–Kier alpha value is -2.43. The van der Waals surface area contributed by atoms with Crippen molar-refractivity contribution in [2.75, 3.05) is 20.2 Å². The number of benzene rings is 1. The molecule has 23 heavy (non-hydrogen) atoms. The number of aryl methyl sites for hydroxylation is 2. The van der Waals surface area contributed by atoms with E-state index in [0.29, 0.717) is 17.5 Å². The molecule has 120 valence electrons. The van der Waals surface area contributed by atoms with Crippen LogP contribution in [0.15, 0.2) is 30.3 Å². The first kappa shape index (κ1) is 15.5. The Bertz CT molecular complexity index is 713. The van der Waals surface area contributed by atoms with Crippen LogP contribution in [0.1, 0.15) is 39.5 Å². The Morgan fingerprint density at radius 1 is 1.22 bits per heavy atom. The van der Waals surface area contributed by atoms with E-state index < -0.39 is 0 Å². The molecule has 0 saturated carbocycles. The summed E-state index contributed by atoms with van der Waals surface area (Å²) in [4.78, 5) is 14.4. The van der Waals surface area contributed by atoms with Crippen molar-refractivity contribution in [3.63, 3.8) is 0 Å². The maximum Gasteiger partial charge on any atom is 0.274 e. The number of nitrogens with zero attached hydrogens (tertiary/aromatic N) is 3. The average Bonchev–Trinajstić information content (AvgIpc) is 3.04. The van der Waals surface area contributed by atoms with Crippen molar-refractivity contribution < 1.29 is 9.53 Å². The Morgan fingerprint density at radius 3 is 2.70 bits per heavy atom. The van der Waals surface area contributed by atoms with Crippen LogP contribution in [-0.2, 0) is 0 Å². The van der Waals surface area contributed by atoms with Crippen LogP contribution in [0.2, 0.25) is 0 Å². The molecule has 0 spiro atoms. The van der Waals surface area contributed by atoms with E-state index in [-0.39, 0.29) is 5.91 Å². The fourth-order valence-electron chi connectivity index (χ4n) is 3.19. The summed E-state index contributed by atoms with van der Waals surface area (Å²) in [5, 5.41) is 7.83. The van der Waals surface area contributed by atoms with E-state index in [0.717, 1.165) is 19.5 Å². The number of ether oxygens (including phenoxy) is 1. The molecule has 5 nitrogen and oxygen atoms in total. The van der Waals surface area contributed by atoms with Gasteiger partial charge in [0.2, 0.25) is 5.88 Å². The molecule has 1 saturated heterocycles. The molecule has 1 fully saturated rings. The van der Waals surface area contributed by atoms with Crippen LogP contribution in [-0.4, -0.2) is 41.2 Å². The van der Waals surface area contributed by atoms with Gasteiger partial charge >= 0.3 is 0 Å². The van der Waals surface area contributed by atoms with Gasteiger partial charge in [0.25, 0.3) is 5.91 Å². The van der Waals surface area contributed by atoms with Crippen molar-refractivity contribution in [3.05, 3.63) is 52.7 Å². The highest BCUT2D eigenvalue weighted by Gasteiger charge is 2.29. The summed E-state index contributed by atoms with van der Waals surface area (Å²) >= 11 is 0. The van der Waals surface area contributed by atoms with E-state index in [1.54, 1.807) is 12.1 Å². The van der Waals surface area contributed by atoms with Crippen LogP contribution in [0.5, 0.6) is 5.88 Å². The Balaban J connectivity index is 1.72. The molecule has 3 rings (SSSR count).